The van der Waals surface area contributed by atoms with Gasteiger partial charge in [-0.3, -0.25) is 9.78 Å². The number of pyridine rings is 1. The molecule has 2 N–H and O–H groups in total. The Morgan fingerprint density at radius 3 is 3.13 bits per heavy atom. The van der Waals surface area contributed by atoms with Crippen molar-refractivity contribution in [2.45, 2.75) is 0 Å². The number of nitrogens with one attached hydrogen (secondary N) is 2. The molecule has 15 heavy (non-hydrogen) atoms. The van der Waals surface area contributed by atoms with Crippen LogP contribution in [-0.2, 0) is 4.79 Å². The van der Waals surface area contributed by atoms with Crippen LogP contribution in [0, 0.1) is 0 Å². The third-order valence-corrected chi connectivity index (χ3v) is 2.02. The van der Waals surface area contributed by atoms with Gasteiger partial charge >= 0.3 is 0 Å². The molecule has 4 heteroatoms. The second-order valence-electron chi connectivity index (χ2n) is 3.13. The lowest BCUT2D eigenvalue weighted by Gasteiger charge is -2.10. The van der Waals surface area contributed by atoms with Gasteiger partial charge in [0.05, 0.1) is 11.9 Å². The van der Waals surface area contributed by atoms with E-state index in [-0.39, 0.29) is 5.91 Å². The number of allylic oxidation sites excluding steroid dienone is 2. The van der Waals surface area contributed by atoms with Crippen molar-refractivity contribution in [2.75, 3.05) is 11.9 Å². The van der Waals surface area contributed by atoms with Crippen molar-refractivity contribution >= 4 is 11.6 Å². The number of dihydropyridines is 1. The summed E-state index contributed by atoms with van der Waals surface area (Å²) in [4.78, 5) is 15.6. The zero-order valence-corrected chi connectivity index (χ0v) is 8.10. The summed E-state index contributed by atoms with van der Waals surface area (Å²) in [6.07, 6.45) is 8.69. The first-order valence-electron chi connectivity index (χ1n) is 4.67. The van der Waals surface area contributed by atoms with E-state index < -0.39 is 0 Å². The average molecular weight is 201 g/mol. The van der Waals surface area contributed by atoms with Crippen molar-refractivity contribution in [2.24, 2.45) is 0 Å². The second-order valence-corrected chi connectivity index (χ2v) is 3.13. The van der Waals surface area contributed by atoms with Gasteiger partial charge in [0.15, 0.2) is 0 Å². The summed E-state index contributed by atoms with van der Waals surface area (Å²) in [5.74, 6) is -0.0974. The first-order valence-corrected chi connectivity index (χ1v) is 4.67. The van der Waals surface area contributed by atoms with Crippen molar-refractivity contribution in [3.8, 4) is 0 Å². The topological polar surface area (TPSA) is 54.0 Å². The number of carbonyl (C=O) groups excluding carboxylic acids is 1. The monoisotopic (exact) mass is 201 g/mol. The minimum absolute atomic E-state index is 0.0974. The van der Waals surface area contributed by atoms with Gasteiger partial charge in [-0.2, -0.15) is 0 Å². The smallest absolute Gasteiger partial charge is 0.253 e. The van der Waals surface area contributed by atoms with E-state index >= 15 is 0 Å². The molecule has 0 aliphatic carbocycles. The average Bonchev–Trinajstić information content (AvgIpc) is 2.31. The SMILES string of the molecule is O=C(Nc1cccnc1)C1=CC=CNC1. The van der Waals surface area contributed by atoms with Gasteiger partial charge in [0, 0.05) is 18.3 Å². The molecule has 1 aliphatic heterocycles. The van der Waals surface area contributed by atoms with Crippen LogP contribution in [0.2, 0.25) is 0 Å². The summed E-state index contributed by atoms with van der Waals surface area (Å²) in [5.41, 5.74) is 1.42. The van der Waals surface area contributed by atoms with Crippen LogP contribution in [0.25, 0.3) is 0 Å². The van der Waals surface area contributed by atoms with Gasteiger partial charge in [0.2, 0.25) is 0 Å². The van der Waals surface area contributed by atoms with Crippen LogP contribution in [0.1, 0.15) is 0 Å². The van der Waals surface area contributed by atoms with Crippen LogP contribution in [0.4, 0.5) is 5.69 Å². The summed E-state index contributed by atoms with van der Waals surface area (Å²) in [7, 11) is 0. The fraction of sp³-hybridized carbons (Fsp3) is 0.0909. The van der Waals surface area contributed by atoms with E-state index in [9.17, 15) is 4.79 Å². The van der Waals surface area contributed by atoms with Gasteiger partial charge in [0.1, 0.15) is 0 Å². The standard InChI is InChI=1S/C11H11N3O/c15-11(9-3-1-5-12-7-9)14-10-4-2-6-13-8-10/h1-6,8,12H,7H2,(H,14,15). The maximum absolute atomic E-state index is 11.7. The number of anilines is 1. The maximum atomic E-state index is 11.7. The number of nitrogens with zero attached hydrogens (tertiary/aromatic N) is 1. The van der Waals surface area contributed by atoms with Crippen molar-refractivity contribution < 1.29 is 4.79 Å². The van der Waals surface area contributed by atoms with E-state index in [1.165, 1.54) is 0 Å². The Morgan fingerprint density at radius 2 is 2.47 bits per heavy atom. The van der Waals surface area contributed by atoms with E-state index in [2.05, 4.69) is 15.6 Å². The molecule has 1 aromatic rings. The summed E-state index contributed by atoms with van der Waals surface area (Å²) in [6, 6.07) is 3.58. The lowest BCUT2D eigenvalue weighted by Crippen LogP contribution is -2.23. The number of aromatic nitrogens is 1. The molecule has 1 amide bonds. The van der Waals surface area contributed by atoms with Crippen LogP contribution in [0.15, 0.2) is 48.5 Å². The quantitative estimate of drug-likeness (QED) is 0.752. The molecule has 1 aromatic heterocycles. The number of hydrogen-bond donors (Lipinski definition) is 2. The molecule has 0 fully saturated rings. The van der Waals surface area contributed by atoms with Crippen LogP contribution in [0.5, 0.6) is 0 Å². The number of hydrogen-bond acceptors (Lipinski definition) is 3. The zero-order valence-electron chi connectivity index (χ0n) is 8.10. The Morgan fingerprint density at radius 1 is 1.53 bits per heavy atom. The third kappa shape index (κ3) is 2.43. The number of carbonyl (C=O) groups is 1. The molecule has 2 heterocycles. The zero-order chi connectivity index (χ0) is 10.5. The minimum Gasteiger partial charge on any atom is -0.387 e. The predicted molar refractivity (Wildman–Crippen MR) is 58.1 cm³/mol. The Balaban J connectivity index is 2.04. The van der Waals surface area contributed by atoms with Gasteiger partial charge in [-0.05, 0) is 24.4 Å². The minimum atomic E-state index is -0.0974. The second kappa shape index (κ2) is 4.41. The van der Waals surface area contributed by atoms with E-state index in [1.54, 1.807) is 36.8 Å². The van der Waals surface area contributed by atoms with Crippen molar-refractivity contribution in [3.05, 3.63) is 48.5 Å². The largest absolute Gasteiger partial charge is 0.387 e. The lowest BCUT2D eigenvalue weighted by molar-refractivity contribution is -0.112. The highest BCUT2D eigenvalue weighted by molar-refractivity contribution is 6.04. The van der Waals surface area contributed by atoms with Crippen molar-refractivity contribution in [3.63, 3.8) is 0 Å². The summed E-state index contributed by atoms with van der Waals surface area (Å²) >= 11 is 0. The fourth-order valence-electron chi connectivity index (χ4n) is 1.26. The predicted octanol–water partition coefficient (Wildman–Crippen LogP) is 1.06. The van der Waals surface area contributed by atoms with Gasteiger partial charge in [-0.1, -0.05) is 6.08 Å². The van der Waals surface area contributed by atoms with Gasteiger partial charge in [0.25, 0.3) is 5.91 Å². The van der Waals surface area contributed by atoms with Gasteiger partial charge < -0.3 is 10.6 Å². The first-order chi connectivity index (χ1) is 7.36. The van der Waals surface area contributed by atoms with Crippen LogP contribution < -0.4 is 10.6 Å². The summed E-state index contributed by atoms with van der Waals surface area (Å²) in [6.45, 7) is 0.558. The molecule has 0 atom stereocenters. The van der Waals surface area contributed by atoms with Crippen molar-refractivity contribution in [1.29, 1.82) is 0 Å². The molecule has 0 radical (unpaired) electrons. The lowest BCUT2D eigenvalue weighted by atomic mass is 10.2. The highest BCUT2D eigenvalue weighted by Gasteiger charge is 2.09. The molecule has 0 unspecified atom stereocenters. The highest BCUT2D eigenvalue weighted by Crippen LogP contribution is 2.06. The number of rotatable bonds is 2. The van der Waals surface area contributed by atoms with E-state index in [0.717, 1.165) is 0 Å². The normalized spacial score (nSPS) is 14.0. The highest BCUT2D eigenvalue weighted by atomic mass is 16.1. The Kier molecular flexibility index (Phi) is 2.78. The molecule has 0 bridgehead atoms. The Labute approximate surface area is 87.7 Å². The van der Waals surface area contributed by atoms with Crippen LogP contribution in [-0.4, -0.2) is 17.4 Å². The molecule has 0 saturated carbocycles. The summed E-state index contributed by atoms with van der Waals surface area (Å²) < 4.78 is 0. The number of amides is 1. The van der Waals surface area contributed by atoms with Gasteiger partial charge in [-0.15, -0.1) is 0 Å². The maximum Gasteiger partial charge on any atom is 0.253 e. The molecular formula is C11H11N3O. The molecular weight excluding hydrogens is 190 g/mol. The van der Waals surface area contributed by atoms with Crippen LogP contribution in [0.3, 0.4) is 0 Å². The molecule has 0 saturated heterocycles. The molecule has 0 spiro atoms. The third-order valence-electron chi connectivity index (χ3n) is 2.02. The molecule has 76 valence electrons. The molecule has 2 rings (SSSR count). The summed E-state index contributed by atoms with van der Waals surface area (Å²) in [5, 5.41) is 5.74. The van der Waals surface area contributed by atoms with Gasteiger partial charge in [-0.25, -0.2) is 0 Å². The van der Waals surface area contributed by atoms with E-state index in [1.807, 2.05) is 6.08 Å². The molecule has 1 aliphatic rings. The van der Waals surface area contributed by atoms with E-state index in [4.69, 9.17) is 0 Å². The van der Waals surface area contributed by atoms with Crippen molar-refractivity contribution in [1.82, 2.24) is 10.3 Å². The Hall–Kier alpha value is -2.10. The fourth-order valence-corrected chi connectivity index (χ4v) is 1.26. The molecule has 4 nitrogen and oxygen atoms in total. The molecule has 0 aromatic carbocycles. The van der Waals surface area contributed by atoms with E-state index in [0.29, 0.717) is 17.8 Å². The Bertz CT molecular complexity index is 409. The first kappa shape index (κ1) is 9.45. The van der Waals surface area contributed by atoms with Crippen LogP contribution >= 0.6 is 0 Å².